The molecule has 1 heterocycles. The van der Waals surface area contributed by atoms with Crippen molar-refractivity contribution in [3.63, 3.8) is 0 Å². The molecule has 2 rings (SSSR count). The van der Waals surface area contributed by atoms with Crippen LogP contribution in [0.2, 0.25) is 0 Å². The van der Waals surface area contributed by atoms with Gasteiger partial charge in [0, 0.05) is 17.8 Å². The summed E-state index contributed by atoms with van der Waals surface area (Å²) in [4.78, 5) is 4.28. The monoisotopic (exact) mass is 254 g/mol. The van der Waals surface area contributed by atoms with Crippen molar-refractivity contribution in [1.82, 2.24) is 20.1 Å². The number of nitrogens with one attached hydrogen (secondary N) is 1. The SMILES string of the molecule is CCn1ncnc1CNCC1(SC)CCCC1. The van der Waals surface area contributed by atoms with E-state index in [0.29, 0.717) is 4.75 Å². The van der Waals surface area contributed by atoms with Gasteiger partial charge in [0.1, 0.15) is 12.2 Å². The molecule has 5 heteroatoms. The maximum atomic E-state index is 4.28. The summed E-state index contributed by atoms with van der Waals surface area (Å²) in [6.07, 6.45) is 9.34. The lowest BCUT2D eigenvalue weighted by atomic mass is 10.1. The van der Waals surface area contributed by atoms with Gasteiger partial charge in [-0.1, -0.05) is 12.8 Å². The molecule has 1 saturated carbocycles. The van der Waals surface area contributed by atoms with Crippen LogP contribution in [0.25, 0.3) is 0 Å². The molecule has 0 amide bonds. The molecule has 0 spiro atoms. The Hall–Kier alpha value is -0.550. The Morgan fingerprint density at radius 3 is 2.88 bits per heavy atom. The van der Waals surface area contributed by atoms with E-state index in [2.05, 4.69) is 28.6 Å². The minimum atomic E-state index is 0.469. The number of aromatic nitrogens is 3. The summed E-state index contributed by atoms with van der Waals surface area (Å²) in [6.45, 7) is 4.91. The predicted molar refractivity (Wildman–Crippen MR) is 72.1 cm³/mol. The second-order valence-corrected chi connectivity index (χ2v) is 5.96. The van der Waals surface area contributed by atoms with E-state index in [1.165, 1.54) is 25.7 Å². The molecule has 0 radical (unpaired) electrons. The number of hydrogen-bond acceptors (Lipinski definition) is 4. The van der Waals surface area contributed by atoms with Crippen molar-refractivity contribution < 1.29 is 0 Å². The van der Waals surface area contributed by atoms with Gasteiger partial charge in [-0.05, 0) is 26.0 Å². The van der Waals surface area contributed by atoms with Gasteiger partial charge in [-0.2, -0.15) is 16.9 Å². The lowest BCUT2D eigenvalue weighted by molar-refractivity contribution is 0.509. The summed E-state index contributed by atoms with van der Waals surface area (Å²) in [7, 11) is 0. The van der Waals surface area contributed by atoms with E-state index >= 15 is 0 Å². The maximum Gasteiger partial charge on any atom is 0.140 e. The van der Waals surface area contributed by atoms with Crippen molar-refractivity contribution in [1.29, 1.82) is 0 Å². The van der Waals surface area contributed by atoms with Gasteiger partial charge in [0.2, 0.25) is 0 Å². The fourth-order valence-electron chi connectivity index (χ4n) is 2.56. The summed E-state index contributed by atoms with van der Waals surface area (Å²) in [5, 5.41) is 7.73. The predicted octanol–water partition coefficient (Wildman–Crippen LogP) is 2.06. The second kappa shape index (κ2) is 5.87. The third-order valence-electron chi connectivity index (χ3n) is 3.67. The van der Waals surface area contributed by atoms with Gasteiger partial charge >= 0.3 is 0 Å². The van der Waals surface area contributed by atoms with Crippen LogP contribution in [-0.2, 0) is 13.1 Å². The zero-order chi connectivity index (χ0) is 12.1. The maximum absolute atomic E-state index is 4.28. The smallest absolute Gasteiger partial charge is 0.140 e. The standard InChI is InChI=1S/C12H22N4S/c1-3-16-11(14-10-15-16)8-13-9-12(17-2)6-4-5-7-12/h10,13H,3-9H2,1-2H3. The molecule has 0 bridgehead atoms. The Morgan fingerprint density at radius 1 is 1.47 bits per heavy atom. The van der Waals surface area contributed by atoms with E-state index < -0.39 is 0 Å². The normalized spacial score (nSPS) is 18.7. The van der Waals surface area contributed by atoms with Crippen molar-refractivity contribution in [3.05, 3.63) is 12.2 Å². The molecule has 1 aromatic rings. The van der Waals surface area contributed by atoms with Crippen LogP contribution < -0.4 is 5.32 Å². The number of hydrogen-bond donors (Lipinski definition) is 1. The van der Waals surface area contributed by atoms with E-state index in [4.69, 9.17) is 0 Å². The van der Waals surface area contributed by atoms with Gasteiger partial charge in [0.15, 0.2) is 0 Å². The quantitative estimate of drug-likeness (QED) is 0.844. The zero-order valence-corrected chi connectivity index (χ0v) is 11.6. The van der Waals surface area contributed by atoms with Crippen LogP contribution in [0, 0.1) is 0 Å². The number of thioether (sulfide) groups is 1. The van der Waals surface area contributed by atoms with Gasteiger partial charge < -0.3 is 5.32 Å². The van der Waals surface area contributed by atoms with Gasteiger partial charge in [0.05, 0.1) is 6.54 Å². The molecule has 1 fully saturated rings. The minimum absolute atomic E-state index is 0.469. The number of aryl methyl sites for hydroxylation is 1. The molecule has 1 aliphatic carbocycles. The Morgan fingerprint density at radius 2 is 2.24 bits per heavy atom. The minimum Gasteiger partial charge on any atom is -0.308 e. The third-order valence-corrected chi connectivity index (χ3v) is 5.09. The van der Waals surface area contributed by atoms with E-state index in [9.17, 15) is 0 Å². The van der Waals surface area contributed by atoms with Gasteiger partial charge in [0.25, 0.3) is 0 Å². The molecule has 4 nitrogen and oxygen atoms in total. The molecule has 0 aromatic carbocycles. The number of nitrogens with zero attached hydrogens (tertiary/aromatic N) is 3. The molecule has 0 atom stereocenters. The molecule has 0 aliphatic heterocycles. The Kier molecular flexibility index (Phi) is 4.45. The summed E-state index contributed by atoms with van der Waals surface area (Å²) >= 11 is 2.02. The number of rotatable bonds is 6. The van der Waals surface area contributed by atoms with E-state index in [1.54, 1.807) is 6.33 Å². The Bertz CT molecular complexity index is 344. The highest BCUT2D eigenvalue weighted by Crippen LogP contribution is 2.39. The molecule has 1 aromatic heterocycles. The fourth-order valence-corrected chi connectivity index (χ4v) is 3.51. The molecule has 1 N–H and O–H groups in total. The summed E-state index contributed by atoms with van der Waals surface area (Å²) in [5.74, 6) is 1.04. The first kappa shape index (κ1) is 12.9. The molecule has 17 heavy (non-hydrogen) atoms. The highest BCUT2D eigenvalue weighted by molar-refractivity contribution is 8.00. The highest BCUT2D eigenvalue weighted by atomic mass is 32.2. The van der Waals surface area contributed by atoms with Crippen molar-refractivity contribution >= 4 is 11.8 Å². The average molecular weight is 254 g/mol. The van der Waals surface area contributed by atoms with Crippen LogP contribution in [0.1, 0.15) is 38.4 Å². The van der Waals surface area contributed by atoms with Crippen LogP contribution in [0.15, 0.2) is 6.33 Å². The van der Waals surface area contributed by atoms with Crippen LogP contribution in [0.4, 0.5) is 0 Å². The van der Waals surface area contributed by atoms with Crippen molar-refractivity contribution in [3.8, 4) is 0 Å². The van der Waals surface area contributed by atoms with Crippen LogP contribution >= 0.6 is 11.8 Å². The van der Waals surface area contributed by atoms with Crippen molar-refractivity contribution in [2.45, 2.75) is 50.4 Å². The van der Waals surface area contributed by atoms with E-state index in [1.807, 2.05) is 16.4 Å². The molecule has 1 aliphatic rings. The lowest BCUT2D eigenvalue weighted by Crippen LogP contribution is -2.35. The fraction of sp³-hybridized carbons (Fsp3) is 0.833. The third kappa shape index (κ3) is 3.01. The van der Waals surface area contributed by atoms with Crippen LogP contribution in [0.5, 0.6) is 0 Å². The molecule has 0 unspecified atom stereocenters. The Balaban J connectivity index is 1.82. The van der Waals surface area contributed by atoms with E-state index in [0.717, 1.165) is 25.5 Å². The van der Waals surface area contributed by atoms with Crippen molar-refractivity contribution in [2.24, 2.45) is 0 Å². The average Bonchev–Trinajstić information content (AvgIpc) is 2.98. The van der Waals surface area contributed by atoms with Crippen LogP contribution in [-0.4, -0.2) is 32.3 Å². The molecular weight excluding hydrogens is 232 g/mol. The Labute approximate surface area is 108 Å². The van der Waals surface area contributed by atoms with Gasteiger partial charge in [-0.3, -0.25) is 0 Å². The topological polar surface area (TPSA) is 42.7 Å². The van der Waals surface area contributed by atoms with Gasteiger partial charge in [-0.15, -0.1) is 0 Å². The molecule has 96 valence electrons. The van der Waals surface area contributed by atoms with Crippen LogP contribution in [0.3, 0.4) is 0 Å². The first-order chi connectivity index (χ1) is 8.29. The first-order valence-electron chi connectivity index (χ1n) is 6.42. The summed E-state index contributed by atoms with van der Waals surface area (Å²) in [6, 6.07) is 0. The second-order valence-electron chi connectivity index (χ2n) is 4.69. The molecular formula is C12H22N4S. The largest absolute Gasteiger partial charge is 0.308 e. The first-order valence-corrected chi connectivity index (χ1v) is 7.65. The summed E-state index contributed by atoms with van der Waals surface area (Å²) in [5.41, 5.74) is 0. The summed E-state index contributed by atoms with van der Waals surface area (Å²) < 4.78 is 2.42. The van der Waals surface area contributed by atoms with Gasteiger partial charge in [-0.25, -0.2) is 9.67 Å². The molecule has 0 saturated heterocycles. The highest BCUT2D eigenvalue weighted by Gasteiger charge is 2.32. The lowest BCUT2D eigenvalue weighted by Gasteiger charge is -2.26. The van der Waals surface area contributed by atoms with E-state index in [-0.39, 0.29) is 0 Å². The van der Waals surface area contributed by atoms with Crippen molar-refractivity contribution in [2.75, 3.05) is 12.8 Å². The zero-order valence-electron chi connectivity index (χ0n) is 10.8.